The quantitative estimate of drug-likeness (QED) is 0.0622. The van der Waals surface area contributed by atoms with Crippen molar-refractivity contribution >= 4 is 36.7 Å². The fourth-order valence-corrected chi connectivity index (χ4v) is 2.19. The van der Waals surface area contributed by atoms with E-state index in [9.17, 15) is 20.1 Å². The van der Waals surface area contributed by atoms with Gasteiger partial charge in [-0.3, -0.25) is 9.79 Å². The van der Waals surface area contributed by atoms with E-state index in [1.807, 2.05) is 0 Å². The molecule has 168 valence electrons. The second-order valence-corrected chi connectivity index (χ2v) is 5.68. The van der Waals surface area contributed by atoms with Gasteiger partial charge in [0.05, 0.1) is 13.2 Å². The number of aliphatic hydroxyl groups is 4. The number of aliphatic hydroxyl groups excluding tert-OH is 4. The smallest absolute Gasteiger partial charge is 0.322 e. The molecule has 1 heterocycles. The molecule has 0 spiro atoms. The molecule has 1 fully saturated rings. The van der Waals surface area contributed by atoms with Crippen molar-refractivity contribution in [3.8, 4) is 0 Å². The monoisotopic (exact) mass is 452 g/mol. The molecule has 1 aliphatic heterocycles. The van der Waals surface area contributed by atoms with E-state index in [1.165, 1.54) is 0 Å². The van der Waals surface area contributed by atoms with Gasteiger partial charge in [-0.1, -0.05) is 0 Å². The van der Waals surface area contributed by atoms with Crippen LogP contribution in [0.15, 0.2) is 4.99 Å². The number of hydroxylamine groups is 1. The van der Waals surface area contributed by atoms with Gasteiger partial charge in [0.1, 0.15) is 30.5 Å². The number of nitrogens with two attached hydrogens (primary N) is 2. The molecular formula is C14H30Cl2N4O8. The average molecular weight is 453 g/mol. The average Bonchev–Trinajstić information content (AvgIpc) is 2.62. The summed E-state index contributed by atoms with van der Waals surface area (Å²) in [7, 11) is 0. The highest BCUT2D eigenvalue weighted by atomic mass is 35.5. The summed E-state index contributed by atoms with van der Waals surface area (Å²) < 4.78 is 9.90. The predicted molar refractivity (Wildman–Crippen MR) is 103 cm³/mol. The van der Waals surface area contributed by atoms with Crippen LogP contribution in [0.4, 0.5) is 0 Å². The Morgan fingerprint density at radius 2 is 1.89 bits per heavy atom. The van der Waals surface area contributed by atoms with E-state index >= 15 is 0 Å². The number of ether oxygens (including phenoxy) is 2. The fraction of sp³-hybridized carbons (Fsp3) is 0.857. The molecule has 0 saturated carbocycles. The third-order valence-corrected chi connectivity index (χ3v) is 3.67. The van der Waals surface area contributed by atoms with Gasteiger partial charge >= 0.3 is 5.97 Å². The molecule has 1 saturated heterocycles. The summed E-state index contributed by atoms with van der Waals surface area (Å²) in [6, 6.07) is -0.732. The molecule has 0 unspecified atom stereocenters. The van der Waals surface area contributed by atoms with Crippen LogP contribution in [0.3, 0.4) is 0 Å². The molecule has 28 heavy (non-hydrogen) atoms. The van der Waals surface area contributed by atoms with Gasteiger partial charge < -0.3 is 41.4 Å². The topological polar surface area (TPSA) is 202 Å². The fourth-order valence-electron chi connectivity index (χ4n) is 2.19. The number of hydrogen-bond donors (Lipinski definition) is 7. The number of guanidine groups is 1. The maximum atomic E-state index is 11.3. The highest BCUT2D eigenvalue weighted by Gasteiger charge is 2.44. The van der Waals surface area contributed by atoms with E-state index in [0.717, 1.165) is 0 Å². The zero-order valence-electron chi connectivity index (χ0n) is 15.3. The minimum Gasteiger partial charge on any atom is -0.465 e. The Labute approximate surface area is 175 Å². The molecule has 6 atom stereocenters. The normalized spacial score (nSPS) is 28.5. The number of rotatable bonds is 9. The molecule has 0 aromatic heterocycles. The molecule has 9 N–H and O–H groups in total. The number of esters is 1. The first kappa shape index (κ1) is 29.2. The molecule has 0 aliphatic carbocycles. The van der Waals surface area contributed by atoms with E-state index in [4.69, 9.17) is 30.9 Å². The largest absolute Gasteiger partial charge is 0.465 e. The first-order valence-electron chi connectivity index (χ1n) is 8.26. The Hall–Kier alpha value is -0.960. The molecule has 1 rings (SSSR count). The lowest BCUT2D eigenvalue weighted by Crippen LogP contribution is -2.60. The summed E-state index contributed by atoms with van der Waals surface area (Å²) in [5, 5.41) is 38.1. The van der Waals surface area contributed by atoms with Crippen LogP contribution in [0, 0.1) is 0 Å². The van der Waals surface area contributed by atoms with Crippen molar-refractivity contribution in [2.24, 2.45) is 16.5 Å². The molecule has 0 amide bonds. The van der Waals surface area contributed by atoms with Gasteiger partial charge in [-0.05, 0) is 19.8 Å². The van der Waals surface area contributed by atoms with Crippen molar-refractivity contribution in [1.29, 1.82) is 0 Å². The number of nitrogens with one attached hydrogen (secondary N) is 1. The molecule has 12 nitrogen and oxygen atoms in total. The van der Waals surface area contributed by atoms with Gasteiger partial charge in [0, 0.05) is 6.54 Å². The van der Waals surface area contributed by atoms with E-state index < -0.39 is 49.3 Å². The van der Waals surface area contributed by atoms with Gasteiger partial charge in [-0.15, -0.1) is 24.8 Å². The maximum Gasteiger partial charge on any atom is 0.322 e. The number of carbonyl (C=O) groups is 1. The minimum atomic E-state index is -1.56. The van der Waals surface area contributed by atoms with E-state index in [0.29, 0.717) is 12.8 Å². The lowest BCUT2D eigenvalue weighted by atomic mass is 9.99. The molecule has 0 aromatic rings. The standard InChI is InChI=1S/C14H28N4O8.2ClH/c1-2-24-12(23)7(15)4-3-5-17-14(16)18-26-13-11(22)10(21)9(20)8(6-19)25-13;;/h7-11,13,19-22H,2-6,15H2,1H3,(H3,16,17,18);2*1H/t7-,8+,9-,10-,11+,13-;;/m0../s1. The van der Waals surface area contributed by atoms with Crippen LogP contribution in [-0.4, -0.2) is 88.9 Å². The summed E-state index contributed by atoms with van der Waals surface area (Å²) in [4.78, 5) is 20.3. The summed E-state index contributed by atoms with van der Waals surface area (Å²) in [6.07, 6.45) is -6.24. The highest BCUT2D eigenvalue weighted by molar-refractivity contribution is 5.85. The van der Waals surface area contributed by atoms with Crippen LogP contribution in [0.25, 0.3) is 0 Å². The van der Waals surface area contributed by atoms with Crippen molar-refractivity contribution < 1.29 is 39.5 Å². The van der Waals surface area contributed by atoms with Crippen molar-refractivity contribution in [2.45, 2.75) is 56.5 Å². The number of halogens is 2. The zero-order chi connectivity index (χ0) is 19.7. The Morgan fingerprint density at radius 3 is 2.46 bits per heavy atom. The second-order valence-electron chi connectivity index (χ2n) is 5.68. The third-order valence-electron chi connectivity index (χ3n) is 3.67. The molecular weight excluding hydrogens is 423 g/mol. The molecule has 0 aromatic carbocycles. The Kier molecular flexibility index (Phi) is 15.6. The summed E-state index contributed by atoms with van der Waals surface area (Å²) in [5.41, 5.74) is 13.5. The Morgan fingerprint density at radius 1 is 1.25 bits per heavy atom. The molecule has 14 heteroatoms. The maximum absolute atomic E-state index is 11.3. The van der Waals surface area contributed by atoms with E-state index in [2.05, 4.69) is 10.5 Å². The van der Waals surface area contributed by atoms with Crippen molar-refractivity contribution in [3.05, 3.63) is 0 Å². The lowest BCUT2D eigenvalue weighted by molar-refractivity contribution is -0.310. The van der Waals surface area contributed by atoms with Crippen LogP contribution < -0.4 is 16.9 Å². The van der Waals surface area contributed by atoms with Gasteiger partial charge in [-0.2, -0.15) is 0 Å². The number of hydrogen-bond acceptors (Lipinski definition) is 10. The van der Waals surface area contributed by atoms with Crippen LogP contribution in [0.2, 0.25) is 0 Å². The number of nitrogens with zero attached hydrogens (tertiary/aromatic N) is 1. The van der Waals surface area contributed by atoms with E-state index in [-0.39, 0.29) is 43.9 Å². The SMILES string of the molecule is CCOC(=O)[C@@H](N)CCCN=C(N)NO[C@@H]1O[C@H](CO)[C@H](O)[C@H](O)[C@H]1O.Cl.Cl. The third kappa shape index (κ3) is 9.03. The highest BCUT2D eigenvalue weighted by Crippen LogP contribution is 2.21. The minimum absolute atomic E-state index is 0. The molecule has 0 radical (unpaired) electrons. The van der Waals surface area contributed by atoms with Crippen LogP contribution in [0.1, 0.15) is 19.8 Å². The Bertz CT molecular complexity index is 475. The first-order valence-corrected chi connectivity index (χ1v) is 8.26. The number of aliphatic imine (C=N–C) groups is 1. The van der Waals surface area contributed by atoms with Gasteiger partial charge in [0.15, 0.2) is 0 Å². The van der Waals surface area contributed by atoms with Gasteiger partial charge in [0.25, 0.3) is 0 Å². The van der Waals surface area contributed by atoms with E-state index in [1.54, 1.807) is 6.92 Å². The van der Waals surface area contributed by atoms with Crippen LogP contribution in [0.5, 0.6) is 0 Å². The summed E-state index contributed by atoms with van der Waals surface area (Å²) in [6.45, 7) is 1.63. The number of carbonyl (C=O) groups excluding carboxylic acids is 1. The predicted octanol–water partition coefficient (Wildman–Crippen LogP) is -2.86. The van der Waals surface area contributed by atoms with Crippen molar-refractivity contribution in [2.75, 3.05) is 19.8 Å². The zero-order valence-corrected chi connectivity index (χ0v) is 17.0. The van der Waals surface area contributed by atoms with Crippen molar-refractivity contribution in [3.63, 3.8) is 0 Å². The molecule has 1 aliphatic rings. The first-order chi connectivity index (χ1) is 12.3. The van der Waals surface area contributed by atoms with Crippen LogP contribution >= 0.6 is 24.8 Å². The van der Waals surface area contributed by atoms with Gasteiger partial charge in [-0.25, -0.2) is 10.3 Å². The molecule has 0 bridgehead atoms. The van der Waals surface area contributed by atoms with Crippen molar-refractivity contribution in [1.82, 2.24) is 5.48 Å². The van der Waals surface area contributed by atoms with Gasteiger partial charge in [0.2, 0.25) is 12.2 Å². The van der Waals surface area contributed by atoms with Crippen LogP contribution in [-0.2, 0) is 19.1 Å². The lowest BCUT2D eigenvalue weighted by Gasteiger charge is -2.39. The Balaban J connectivity index is 0. The second kappa shape index (κ2) is 15.0. The summed E-state index contributed by atoms with van der Waals surface area (Å²) in [5.74, 6) is -0.611. The summed E-state index contributed by atoms with van der Waals surface area (Å²) >= 11 is 0.